The third-order valence-electron chi connectivity index (χ3n) is 2.60. The fraction of sp³-hybridized carbons (Fsp3) is 0.214. The molecule has 0 aliphatic carbocycles. The summed E-state index contributed by atoms with van der Waals surface area (Å²) in [4.78, 5) is 23.4. The maximum Gasteiger partial charge on any atom is 0.342 e. The number of ether oxygens (including phenoxy) is 1. The Labute approximate surface area is 120 Å². The van der Waals surface area contributed by atoms with Crippen LogP contribution in [0.5, 0.6) is 5.75 Å². The number of aromatic nitrogens is 1. The lowest BCUT2D eigenvalue weighted by atomic mass is 10.1. The topological polar surface area (TPSA) is 102 Å². The largest absolute Gasteiger partial charge is 0.507 e. The summed E-state index contributed by atoms with van der Waals surface area (Å²) in [5.41, 5.74) is 0.808. The number of benzene rings is 1. The molecule has 0 fully saturated rings. The number of hydrogen-bond acceptors (Lipinski definition) is 6. The number of carbonyl (C=O) groups excluding carboxylic acids is 2. The van der Waals surface area contributed by atoms with Crippen LogP contribution in [0.2, 0.25) is 0 Å². The average molecular weight is 290 g/mol. The third-order valence-corrected chi connectivity index (χ3v) is 2.60. The number of aryl methyl sites for hydroxylation is 2. The van der Waals surface area contributed by atoms with Crippen LogP contribution < -0.4 is 5.32 Å². The zero-order valence-corrected chi connectivity index (χ0v) is 11.5. The molecule has 21 heavy (non-hydrogen) atoms. The molecule has 0 saturated heterocycles. The van der Waals surface area contributed by atoms with Gasteiger partial charge in [-0.15, -0.1) is 0 Å². The third kappa shape index (κ3) is 3.82. The van der Waals surface area contributed by atoms with Crippen molar-refractivity contribution in [2.24, 2.45) is 0 Å². The minimum atomic E-state index is -0.775. The van der Waals surface area contributed by atoms with Gasteiger partial charge in [0.2, 0.25) is 0 Å². The summed E-state index contributed by atoms with van der Waals surface area (Å²) in [6, 6.07) is 6.07. The molecule has 1 aromatic heterocycles. The second kappa shape index (κ2) is 6.08. The van der Waals surface area contributed by atoms with E-state index in [1.54, 1.807) is 19.9 Å². The van der Waals surface area contributed by atoms with Gasteiger partial charge in [0.25, 0.3) is 5.91 Å². The molecule has 0 unspecified atom stereocenters. The molecule has 0 radical (unpaired) electrons. The van der Waals surface area contributed by atoms with Gasteiger partial charge in [0, 0.05) is 6.07 Å². The number of anilines is 1. The van der Waals surface area contributed by atoms with Crippen molar-refractivity contribution in [3.05, 3.63) is 41.2 Å². The highest BCUT2D eigenvalue weighted by Gasteiger charge is 2.15. The van der Waals surface area contributed by atoms with Gasteiger partial charge in [-0.05, 0) is 26.0 Å². The predicted octanol–water partition coefficient (Wildman–Crippen LogP) is 1.79. The Hall–Kier alpha value is -2.83. The maximum atomic E-state index is 11.8. The molecule has 0 bridgehead atoms. The van der Waals surface area contributed by atoms with Gasteiger partial charge in [0.15, 0.2) is 12.4 Å². The normalized spacial score (nSPS) is 10.2. The van der Waals surface area contributed by atoms with Gasteiger partial charge in [-0.3, -0.25) is 4.79 Å². The highest BCUT2D eigenvalue weighted by Crippen LogP contribution is 2.19. The first-order chi connectivity index (χ1) is 9.95. The van der Waals surface area contributed by atoms with Crippen LogP contribution in [0.3, 0.4) is 0 Å². The quantitative estimate of drug-likeness (QED) is 0.832. The Morgan fingerprint density at radius 2 is 2.10 bits per heavy atom. The molecule has 1 amide bonds. The van der Waals surface area contributed by atoms with E-state index in [0.29, 0.717) is 5.76 Å². The number of nitrogens with one attached hydrogen (secondary N) is 1. The van der Waals surface area contributed by atoms with Crippen LogP contribution in [0, 0.1) is 13.8 Å². The van der Waals surface area contributed by atoms with E-state index in [-0.39, 0.29) is 17.1 Å². The molecule has 1 heterocycles. The van der Waals surface area contributed by atoms with Crippen molar-refractivity contribution in [2.75, 3.05) is 11.9 Å². The molecule has 0 spiro atoms. The monoisotopic (exact) mass is 290 g/mol. The zero-order valence-electron chi connectivity index (χ0n) is 11.5. The number of amides is 1. The van der Waals surface area contributed by atoms with Gasteiger partial charge in [-0.1, -0.05) is 16.8 Å². The van der Waals surface area contributed by atoms with Crippen molar-refractivity contribution in [1.82, 2.24) is 5.16 Å². The lowest BCUT2D eigenvalue weighted by Crippen LogP contribution is -2.21. The van der Waals surface area contributed by atoms with Crippen molar-refractivity contribution in [3.63, 3.8) is 0 Å². The number of hydrogen-bond donors (Lipinski definition) is 2. The molecule has 0 aliphatic rings. The molecule has 2 N–H and O–H groups in total. The number of phenols is 1. The van der Waals surface area contributed by atoms with E-state index in [1.165, 1.54) is 18.2 Å². The molecule has 0 saturated carbocycles. The minimum Gasteiger partial charge on any atom is -0.507 e. The van der Waals surface area contributed by atoms with Crippen LogP contribution >= 0.6 is 0 Å². The molecule has 7 heteroatoms. The molecule has 1 aromatic carbocycles. The Morgan fingerprint density at radius 3 is 2.76 bits per heavy atom. The summed E-state index contributed by atoms with van der Waals surface area (Å²) in [6.07, 6.45) is 0. The number of carbonyl (C=O) groups is 2. The van der Waals surface area contributed by atoms with E-state index in [4.69, 9.17) is 9.26 Å². The van der Waals surface area contributed by atoms with Crippen molar-refractivity contribution >= 4 is 17.7 Å². The van der Waals surface area contributed by atoms with E-state index in [1.807, 2.05) is 0 Å². The van der Waals surface area contributed by atoms with Gasteiger partial charge in [0.05, 0.1) is 0 Å². The van der Waals surface area contributed by atoms with Crippen LogP contribution in [0.4, 0.5) is 5.82 Å². The number of esters is 1. The average Bonchev–Trinajstić information content (AvgIpc) is 2.84. The fourth-order valence-corrected chi connectivity index (χ4v) is 1.63. The summed E-state index contributed by atoms with van der Waals surface area (Å²) >= 11 is 0. The molecule has 0 atom stereocenters. The van der Waals surface area contributed by atoms with Gasteiger partial charge < -0.3 is 19.7 Å². The smallest absolute Gasteiger partial charge is 0.342 e. The summed E-state index contributed by atoms with van der Waals surface area (Å²) in [6.45, 7) is 2.97. The highest BCUT2D eigenvalue weighted by atomic mass is 16.5. The number of rotatable bonds is 4. The Morgan fingerprint density at radius 1 is 1.33 bits per heavy atom. The summed E-state index contributed by atoms with van der Waals surface area (Å²) in [5.74, 6) is -0.733. The van der Waals surface area contributed by atoms with Crippen LogP contribution in [0.15, 0.2) is 28.8 Å². The highest BCUT2D eigenvalue weighted by molar-refractivity contribution is 5.96. The lowest BCUT2D eigenvalue weighted by Gasteiger charge is -2.06. The van der Waals surface area contributed by atoms with Crippen LogP contribution in [-0.2, 0) is 9.53 Å². The standard InChI is InChI=1S/C14H14N2O5/c1-8-3-4-11(17)10(5-8)14(19)20-7-13(18)15-12-6-9(2)21-16-12/h3-6,17H,7H2,1-2H3,(H,15,16,18). The summed E-state index contributed by atoms with van der Waals surface area (Å²) in [5, 5.41) is 15.6. The lowest BCUT2D eigenvalue weighted by molar-refractivity contribution is -0.119. The molecule has 0 aliphatic heterocycles. The van der Waals surface area contributed by atoms with Gasteiger partial charge >= 0.3 is 5.97 Å². The predicted molar refractivity (Wildman–Crippen MR) is 73.0 cm³/mol. The van der Waals surface area contributed by atoms with Crippen molar-refractivity contribution < 1.29 is 24.0 Å². The van der Waals surface area contributed by atoms with Crippen LogP contribution in [-0.4, -0.2) is 28.7 Å². The number of nitrogens with zero attached hydrogens (tertiary/aromatic N) is 1. The molecule has 2 aromatic rings. The first kappa shape index (κ1) is 14.6. The molecule has 110 valence electrons. The molecule has 7 nitrogen and oxygen atoms in total. The second-order valence-corrected chi connectivity index (χ2v) is 4.47. The van der Waals surface area contributed by atoms with Crippen molar-refractivity contribution in [2.45, 2.75) is 13.8 Å². The maximum absolute atomic E-state index is 11.8. The van der Waals surface area contributed by atoms with E-state index >= 15 is 0 Å². The van der Waals surface area contributed by atoms with E-state index in [2.05, 4.69) is 10.5 Å². The Balaban J connectivity index is 1.91. The summed E-state index contributed by atoms with van der Waals surface area (Å²) < 4.78 is 9.62. The van der Waals surface area contributed by atoms with Gasteiger partial charge in [-0.25, -0.2) is 4.79 Å². The van der Waals surface area contributed by atoms with E-state index in [9.17, 15) is 14.7 Å². The van der Waals surface area contributed by atoms with Gasteiger partial charge in [0.1, 0.15) is 17.1 Å². The Kier molecular flexibility index (Phi) is 4.22. The van der Waals surface area contributed by atoms with Crippen LogP contribution in [0.25, 0.3) is 0 Å². The van der Waals surface area contributed by atoms with E-state index in [0.717, 1.165) is 5.56 Å². The molecular weight excluding hydrogens is 276 g/mol. The number of aromatic hydroxyl groups is 1. The first-order valence-corrected chi connectivity index (χ1v) is 6.15. The summed E-state index contributed by atoms with van der Waals surface area (Å²) in [7, 11) is 0. The molecule has 2 rings (SSSR count). The fourth-order valence-electron chi connectivity index (χ4n) is 1.63. The number of phenolic OH excluding ortho intramolecular Hbond substituents is 1. The second-order valence-electron chi connectivity index (χ2n) is 4.47. The van der Waals surface area contributed by atoms with Crippen LogP contribution in [0.1, 0.15) is 21.7 Å². The zero-order chi connectivity index (χ0) is 15.4. The molecular formula is C14H14N2O5. The minimum absolute atomic E-state index is 0.0140. The van der Waals surface area contributed by atoms with Crippen molar-refractivity contribution in [3.8, 4) is 5.75 Å². The van der Waals surface area contributed by atoms with E-state index < -0.39 is 18.5 Å². The van der Waals surface area contributed by atoms with Gasteiger partial charge in [-0.2, -0.15) is 0 Å². The first-order valence-electron chi connectivity index (χ1n) is 6.15. The Bertz CT molecular complexity index is 678. The van der Waals surface area contributed by atoms with Crippen molar-refractivity contribution in [1.29, 1.82) is 0 Å². The SMILES string of the molecule is Cc1ccc(O)c(C(=O)OCC(=O)Nc2cc(C)on2)c1.